The van der Waals surface area contributed by atoms with E-state index in [1.807, 2.05) is 23.1 Å². The van der Waals surface area contributed by atoms with Crippen molar-refractivity contribution in [2.45, 2.75) is 31.2 Å². The van der Waals surface area contributed by atoms with Crippen LogP contribution in [0.1, 0.15) is 58.3 Å². The Labute approximate surface area is 267 Å². The highest BCUT2D eigenvalue weighted by Gasteiger charge is 2.56. The molecule has 4 heterocycles. The number of hydrogen-bond acceptors (Lipinski definition) is 7. The zero-order valence-corrected chi connectivity index (χ0v) is 25.6. The molecule has 0 aromatic heterocycles. The van der Waals surface area contributed by atoms with Crippen molar-refractivity contribution in [2.24, 2.45) is 4.99 Å². The van der Waals surface area contributed by atoms with Crippen LogP contribution in [0.15, 0.2) is 89.9 Å². The number of amides is 1. The van der Waals surface area contributed by atoms with Crippen LogP contribution >= 0.6 is 0 Å². The van der Waals surface area contributed by atoms with E-state index < -0.39 is 10.5 Å². The molecule has 2 fully saturated rings. The summed E-state index contributed by atoms with van der Waals surface area (Å²) < 4.78 is 6.80. The van der Waals surface area contributed by atoms with Gasteiger partial charge in [-0.1, -0.05) is 30.3 Å². The summed E-state index contributed by atoms with van der Waals surface area (Å²) in [7, 11) is 0. The highest BCUT2D eigenvalue weighted by molar-refractivity contribution is 6.02. The first-order valence-electron chi connectivity index (χ1n) is 16.2. The van der Waals surface area contributed by atoms with Crippen molar-refractivity contribution < 1.29 is 14.5 Å². The molecule has 1 amide bonds. The molecule has 4 aliphatic heterocycles. The standard InChI is InChI=1S/C37H35N5O4/c43-36-30-7-1-2-8-31(30)37(41(36)22-17-38-25-26-9-11-27(12-10-26)42(44)45)32-15-13-28(39-18-3-4-19-39)23-34(32)46-35-24-29(14-16-33(35)37)40-20-5-6-21-40/h1-2,7-16,23-25H,3-6,17-22H2. The minimum absolute atomic E-state index is 0.0350. The lowest BCUT2D eigenvalue weighted by Crippen LogP contribution is -2.48. The smallest absolute Gasteiger partial charge is 0.269 e. The molecule has 4 aromatic rings. The minimum atomic E-state index is -0.882. The van der Waals surface area contributed by atoms with Crippen molar-refractivity contribution in [3.05, 3.63) is 123 Å². The molecule has 2 saturated heterocycles. The molecule has 0 unspecified atom stereocenters. The molecule has 0 bridgehead atoms. The zero-order chi connectivity index (χ0) is 31.3. The highest BCUT2D eigenvalue weighted by Crippen LogP contribution is 2.58. The molecule has 46 heavy (non-hydrogen) atoms. The van der Waals surface area contributed by atoms with E-state index in [0.29, 0.717) is 18.7 Å². The van der Waals surface area contributed by atoms with Gasteiger partial charge in [0.15, 0.2) is 0 Å². The molecule has 9 heteroatoms. The molecule has 0 N–H and O–H groups in total. The van der Waals surface area contributed by atoms with Crippen molar-refractivity contribution in [3.63, 3.8) is 0 Å². The van der Waals surface area contributed by atoms with Crippen molar-refractivity contribution in [1.29, 1.82) is 0 Å². The Morgan fingerprint density at radius 3 is 1.96 bits per heavy atom. The number of nitrogens with zero attached hydrogens (tertiary/aromatic N) is 5. The van der Waals surface area contributed by atoms with Crippen LogP contribution in [-0.4, -0.2) is 61.2 Å². The quantitative estimate of drug-likeness (QED) is 0.130. The molecule has 4 aromatic carbocycles. The number of nitro groups is 1. The number of carbonyl (C=O) groups excluding carboxylic acids is 1. The second-order valence-electron chi connectivity index (χ2n) is 12.4. The molecule has 9 nitrogen and oxygen atoms in total. The summed E-state index contributed by atoms with van der Waals surface area (Å²) in [6, 6.07) is 27.2. The van der Waals surface area contributed by atoms with Gasteiger partial charge in [-0.2, -0.15) is 0 Å². The number of anilines is 2. The summed E-state index contributed by atoms with van der Waals surface area (Å²) >= 11 is 0. The number of nitro benzene ring substituents is 1. The minimum Gasteiger partial charge on any atom is -0.456 e. The Morgan fingerprint density at radius 1 is 0.783 bits per heavy atom. The lowest BCUT2D eigenvalue weighted by atomic mass is 9.74. The summed E-state index contributed by atoms with van der Waals surface area (Å²) in [4.78, 5) is 36.5. The van der Waals surface area contributed by atoms with Crippen LogP contribution in [0.4, 0.5) is 17.1 Å². The molecule has 4 aliphatic rings. The van der Waals surface area contributed by atoms with Gasteiger partial charge in [0.2, 0.25) is 0 Å². The number of rotatable bonds is 7. The van der Waals surface area contributed by atoms with Gasteiger partial charge < -0.3 is 19.4 Å². The lowest BCUT2D eigenvalue weighted by Gasteiger charge is -2.44. The largest absolute Gasteiger partial charge is 0.456 e. The maximum Gasteiger partial charge on any atom is 0.269 e. The number of fused-ring (bicyclic) bond motifs is 6. The van der Waals surface area contributed by atoms with E-state index in [4.69, 9.17) is 4.74 Å². The van der Waals surface area contributed by atoms with E-state index in [9.17, 15) is 14.9 Å². The van der Waals surface area contributed by atoms with Crippen molar-refractivity contribution in [1.82, 2.24) is 4.90 Å². The van der Waals surface area contributed by atoms with E-state index in [0.717, 1.165) is 71.3 Å². The molecular formula is C37H35N5O4. The van der Waals surface area contributed by atoms with Crippen LogP contribution < -0.4 is 14.5 Å². The zero-order valence-electron chi connectivity index (χ0n) is 25.6. The first kappa shape index (κ1) is 28.3. The number of carbonyl (C=O) groups is 1. The van der Waals surface area contributed by atoms with E-state index in [-0.39, 0.29) is 11.6 Å². The van der Waals surface area contributed by atoms with Gasteiger partial charge in [0.05, 0.1) is 11.5 Å². The Morgan fingerprint density at radius 2 is 1.37 bits per heavy atom. The van der Waals surface area contributed by atoms with Crippen LogP contribution in [0.25, 0.3) is 0 Å². The Bertz CT molecular complexity index is 1790. The van der Waals surface area contributed by atoms with Gasteiger partial charge in [0.25, 0.3) is 11.6 Å². The number of non-ortho nitro benzene ring substituents is 1. The second-order valence-corrected chi connectivity index (χ2v) is 12.4. The maximum atomic E-state index is 14.4. The molecule has 232 valence electrons. The van der Waals surface area contributed by atoms with Crippen LogP contribution in [0.5, 0.6) is 11.5 Å². The number of hydrogen-bond donors (Lipinski definition) is 0. The van der Waals surface area contributed by atoms with Crippen LogP contribution in [0.2, 0.25) is 0 Å². The number of benzene rings is 4. The third-order valence-corrected chi connectivity index (χ3v) is 9.87. The molecule has 8 rings (SSSR count). The fourth-order valence-corrected chi connectivity index (χ4v) is 7.68. The van der Waals surface area contributed by atoms with Gasteiger partial charge in [-0.05, 0) is 67.1 Å². The van der Waals surface area contributed by atoms with Gasteiger partial charge in [0, 0.05) is 91.3 Å². The van der Waals surface area contributed by atoms with Crippen LogP contribution in [0.3, 0.4) is 0 Å². The predicted molar refractivity (Wildman–Crippen MR) is 179 cm³/mol. The first-order chi connectivity index (χ1) is 22.5. The predicted octanol–water partition coefficient (Wildman–Crippen LogP) is 6.77. The molecule has 0 aliphatic carbocycles. The number of ether oxygens (including phenoxy) is 1. The van der Waals surface area contributed by atoms with E-state index >= 15 is 0 Å². The maximum absolute atomic E-state index is 14.4. The van der Waals surface area contributed by atoms with E-state index in [1.54, 1.807) is 18.3 Å². The first-order valence-corrected chi connectivity index (χ1v) is 16.2. The third-order valence-electron chi connectivity index (χ3n) is 9.87. The van der Waals surface area contributed by atoms with Crippen LogP contribution in [-0.2, 0) is 5.54 Å². The Balaban J connectivity index is 1.23. The van der Waals surface area contributed by atoms with Gasteiger partial charge >= 0.3 is 0 Å². The summed E-state index contributed by atoms with van der Waals surface area (Å²) in [5, 5.41) is 11.1. The van der Waals surface area contributed by atoms with Crippen molar-refractivity contribution in [3.8, 4) is 11.5 Å². The summed E-state index contributed by atoms with van der Waals surface area (Å²) in [5.41, 5.74) is 5.75. The Kier molecular flexibility index (Phi) is 6.96. The summed E-state index contributed by atoms with van der Waals surface area (Å²) in [6.45, 7) is 4.85. The fraction of sp³-hybridized carbons (Fsp3) is 0.297. The summed E-state index contributed by atoms with van der Waals surface area (Å²) in [5.74, 6) is 1.52. The SMILES string of the molecule is O=C1c2ccccc2C2(c3ccc(N4CCCC4)cc3Oc3cc(N4CCCC4)ccc32)N1CCN=Cc1ccc([N+](=O)[O-])cc1. The third kappa shape index (κ3) is 4.52. The molecular weight excluding hydrogens is 578 g/mol. The average Bonchev–Trinajstić information content (AvgIpc) is 3.86. The monoisotopic (exact) mass is 613 g/mol. The molecule has 1 spiro atoms. The molecule has 0 radical (unpaired) electrons. The van der Waals surface area contributed by atoms with Gasteiger partial charge in [-0.3, -0.25) is 19.9 Å². The van der Waals surface area contributed by atoms with E-state index in [2.05, 4.69) is 57.3 Å². The normalized spacial score (nSPS) is 17.8. The van der Waals surface area contributed by atoms with Crippen molar-refractivity contribution in [2.75, 3.05) is 49.1 Å². The van der Waals surface area contributed by atoms with Gasteiger partial charge in [0.1, 0.15) is 17.0 Å². The molecule has 0 saturated carbocycles. The summed E-state index contributed by atoms with van der Waals surface area (Å²) in [6.07, 6.45) is 6.43. The van der Waals surface area contributed by atoms with E-state index in [1.165, 1.54) is 37.8 Å². The van der Waals surface area contributed by atoms with Crippen molar-refractivity contribution >= 4 is 29.2 Å². The van der Waals surface area contributed by atoms with Gasteiger partial charge in [-0.25, -0.2) is 0 Å². The lowest BCUT2D eigenvalue weighted by molar-refractivity contribution is -0.384. The average molecular weight is 614 g/mol. The molecule has 0 atom stereocenters. The topological polar surface area (TPSA) is 91.5 Å². The van der Waals surface area contributed by atoms with Crippen LogP contribution in [0, 0.1) is 10.1 Å². The fourth-order valence-electron chi connectivity index (χ4n) is 7.68. The number of aliphatic imine (C=N–C) groups is 1. The second kappa shape index (κ2) is 11.3. The van der Waals surface area contributed by atoms with Gasteiger partial charge in [-0.15, -0.1) is 0 Å². The highest BCUT2D eigenvalue weighted by atomic mass is 16.6. The Hall–Kier alpha value is -5.18.